The Morgan fingerprint density at radius 2 is 1.34 bits per heavy atom. The van der Waals surface area contributed by atoms with Crippen LogP contribution in [0.1, 0.15) is 30.7 Å². The van der Waals surface area contributed by atoms with Crippen LogP contribution in [0.4, 0.5) is 13.2 Å². The van der Waals surface area contributed by atoms with Gasteiger partial charge in [-0.25, -0.2) is 4.57 Å². The number of alkyl halides is 3. The molecule has 2 nitrogen and oxygen atoms in total. The molecule has 0 aliphatic carbocycles. The number of fused-ring (bicyclic) bond motifs is 1. The van der Waals surface area contributed by atoms with Crippen LogP contribution in [0.3, 0.4) is 0 Å². The lowest BCUT2D eigenvalue weighted by Gasteiger charge is -2.14. The number of nitrogens with zero attached hydrogens (tertiary/aromatic N) is 1. The topological polar surface area (TPSA) is 17.0 Å². The molecule has 0 atom stereocenters. The van der Waals surface area contributed by atoms with Gasteiger partial charge in [0.05, 0.1) is 0 Å². The summed E-state index contributed by atoms with van der Waals surface area (Å²) in [6.07, 6.45) is -3.06. The van der Waals surface area contributed by atoms with E-state index in [1.165, 1.54) is 18.2 Å². The summed E-state index contributed by atoms with van der Waals surface area (Å²) < 4.78 is 100. The van der Waals surface area contributed by atoms with Gasteiger partial charge in [0.2, 0.25) is 11.5 Å². The molecule has 2 heterocycles. The summed E-state index contributed by atoms with van der Waals surface area (Å²) in [5.41, 5.74) is 3.28. The minimum Gasteiger partial charge on any atom is -0.451 e. The highest BCUT2D eigenvalue weighted by Crippen LogP contribution is 2.46. The third kappa shape index (κ3) is 4.71. The molecule has 5 heteroatoms. The van der Waals surface area contributed by atoms with Crippen LogP contribution in [0, 0.1) is 20.6 Å². The Morgan fingerprint density at radius 3 is 1.95 bits per heavy atom. The highest BCUT2D eigenvalue weighted by atomic mass is 19.4. The van der Waals surface area contributed by atoms with Crippen molar-refractivity contribution in [2.45, 2.75) is 26.8 Å². The number of furan rings is 1. The number of hydrogen-bond acceptors (Lipinski definition) is 1. The zero-order valence-corrected chi connectivity index (χ0v) is 22.3. The van der Waals surface area contributed by atoms with Gasteiger partial charge in [0.15, 0.2) is 6.20 Å². The normalized spacial score (nSPS) is 14.6. The molecule has 6 rings (SSSR count). The molecule has 0 aliphatic heterocycles. The second-order valence-corrected chi connectivity index (χ2v) is 10.0. The van der Waals surface area contributed by atoms with Crippen LogP contribution in [-0.2, 0) is 13.2 Å². The van der Waals surface area contributed by atoms with Gasteiger partial charge < -0.3 is 4.42 Å². The van der Waals surface area contributed by atoms with Crippen LogP contribution >= 0.6 is 0 Å². The quantitative estimate of drug-likeness (QED) is 0.198. The van der Waals surface area contributed by atoms with E-state index >= 15 is 0 Å². The smallest absolute Gasteiger partial charge is 0.450 e. The fourth-order valence-corrected chi connectivity index (χ4v) is 5.46. The lowest BCUT2D eigenvalue weighted by Crippen LogP contribution is -2.30. The molecule has 0 unspecified atom stereocenters. The lowest BCUT2D eigenvalue weighted by atomic mass is 9.90. The Balaban J connectivity index is 1.63. The van der Waals surface area contributed by atoms with E-state index in [-0.39, 0.29) is 27.8 Å². The third-order valence-electron chi connectivity index (χ3n) is 7.40. The van der Waals surface area contributed by atoms with Crippen molar-refractivity contribution in [1.82, 2.24) is 0 Å². The van der Waals surface area contributed by atoms with Crippen LogP contribution in [0.2, 0.25) is 0 Å². The largest absolute Gasteiger partial charge is 0.451 e. The van der Waals surface area contributed by atoms with Crippen LogP contribution < -0.4 is 4.57 Å². The van der Waals surface area contributed by atoms with Gasteiger partial charge >= 0.3 is 6.18 Å². The van der Waals surface area contributed by atoms with Gasteiger partial charge in [-0.2, -0.15) is 13.2 Å². The minimum atomic E-state index is -4.75. The third-order valence-corrected chi connectivity index (χ3v) is 7.40. The molecule has 0 aliphatic rings. The first kappa shape index (κ1) is 20.3. The number of hydrogen-bond donors (Lipinski definition) is 0. The molecular formula is C36H29F3NO+. The molecule has 0 spiro atoms. The van der Waals surface area contributed by atoms with Gasteiger partial charge in [-0.15, -0.1) is 0 Å². The summed E-state index contributed by atoms with van der Waals surface area (Å²) >= 11 is 0. The molecular weight excluding hydrogens is 519 g/mol. The second-order valence-electron chi connectivity index (χ2n) is 10.0. The maximum atomic E-state index is 14.2. The van der Waals surface area contributed by atoms with Gasteiger partial charge in [-0.05, 0) is 77.3 Å². The summed E-state index contributed by atoms with van der Waals surface area (Å²) in [6, 6.07) is 26.7. The molecule has 0 bridgehead atoms. The Hall–Kier alpha value is -4.64. The number of aryl methyl sites for hydroxylation is 4. The Kier molecular flexibility index (Phi) is 4.98. The summed E-state index contributed by atoms with van der Waals surface area (Å²) in [7, 11) is 1.76. The average molecular weight is 555 g/mol. The van der Waals surface area contributed by atoms with E-state index < -0.39 is 25.6 Å². The predicted molar refractivity (Wildman–Crippen MR) is 158 cm³/mol. The highest BCUT2D eigenvalue weighted by Gasteiger charge is 2.40. The van der Waals surface area contributed by atoms with Crippen molar-refractivity contribution in [3.63, 3.8) is 0 Å². The van der Waals surface area contributed by atoms with Crippen LogP contribution in [0.25, 0.3) is 55.6 Å². The molecule has 41 heavy (non-hydrogen) atoms. The SMILES string of the molecule is [2H]C([2H])([2H])c1cc(-c2ccccc2)cc(C([2H])([2H])[2H])c1-c1cc[n+](C)c(-c2ccc3oc(C(F)(F)F)c(-c4ccccc4)c3c2C)c1. The van der Waals surface area contributed by atoms with E-state index in [0.29, 0.717) is 44.5 Å². The maximum absolute atomic E-state index is 14.2. The molecule has 204 valence electrons. The number of halogens is 3. The fraction of sp³-hybridized carbons (Fsp3) is 0.139. The Labute approximate surface area is 245 Å². The monoisotopic (exact) mass is 554 g/mol. The zero-order chi connectivity index (χ0) is 33.9. The van der Waals surface area contributed by atoms with Crippen molar-refractivity contribution in [1.29, 1.82) is 0 Å². The molecule has 0 saturated carbocycles. The molecule has 0 N–H and O–H groups in total. The molecule has 0 saturated heterocycles. The van der Waals surface area contributed by atoms with Gasteiger partial charge in [0.1, 0.15) is 12.6 Å². The van der Waals surface area contributed by atoms with Crippen LogP contribution in [-0.4, -0.2) is 0 Å². The number of pyridine rings is 1. The molecule has 0 radical (unpaired) electrons. The predicted octanol–water partition coefficient (Wildman–Crippen LogP) is 9.87. The van der Waals surface area contributed by atoms with E-state index in [4.69, 9.17) is 12.6 Å². The summed E-state index contributed by atoms with van der Waals surface area (Å²) in [5, 5.41) is 0.296. The van der Waals surface area contributed by atoms with E-state index in [1.807, 2.05) is 6.07 Å². The standard InChI is InChI=1S/C36H29F3NO/c1-22-19-28(25-11-7-5-8-12-25)20-23(2)32(22)27-17-18-40(4)30(21-27)29-15-16-31-33(24(29)3)34(26-13-9-6-10-14-26)35(41-31)36(37,38)39/h5-21H,1-4H3/q+1/i1D3,2D3. The zero-order valence-electron chi connectivity index (χ0n) is 28.3. The van der Waals surface area contributed by atoms with Crippen molar-refractivity contribution < 1.29 is 30.4 Å². The number of aromatic nitrogens is 1. The molecule has 0 fully saturated rings. The second kappa shape index (κ2) is 10.1. The molecule has 0 amide bonds. The van der Waals surface area contributed by atoms with E-state index in [0.717, 1.165) is 0 Å². The fourth-order valence-electron chi connectivity index (χ4n) is 5.46. The first-order valence-electron chi connectivity index (χ1n) is 16.0. The highest BCUT2D eigenvalue weighted by molar-refractivity contribution is 6.01. The Bertz CT molecular complexity index is 2080. The van der Waals surface area contributed by atoms with Crippen molar-refractivity contribution in [3.05, 3.63) is 126 Å². The molecule has 4 aromatic carbocycles. The van der Waals surface area contributed by atoms with Crippen molar-refractivity contribution in [2.75, 3.05) is 0 Å². The Morgan fingerprint density at radius 1 is 0.707 bits per heavy atom. The van der Waals surface area contributed by atoms with Gasteiger partial charge in [-0.1, -0.05) is 72.8 Å². The lowest BCUT2D eigenvalue weighted by molar-refractivity contribution is -0.660. The first-order valence-corrected chi connectivity index (χ1v) is 13.0. The number of rotatable bonds is 4. The summed E-state index contributed by atoms with van der Waals surface area (Å²) in [5.74, 6) is -1.10. The van der Waals surface area contributed by atoms with E-state index in [9.17, 15) is 13.2 Å². The average Bonchev–Trinajstić information content (AvgIpc) is 3.43. The van der Waals surface area contributed by atoms with Gasteiger partial charge in [0, 0.05) is 36.9 Å². The molecule has 6 aromatic rings. The maximum Gasteiger partial charge on any atom is 0.450 e. The summed E-state index contributed by atoms with van der Waals surface area (Å²) in [6.45, 7) is -3.62. The molecule has 2 aromatic heterocycles. The van der Waals surface area contributed by atoms with Gasteiger partial charge in [-0.3, -0.25) is 0 Å². The van der Waals surface area contributed by atoms with Crippen molar-refractivity contribution >= 4 is 11.0 Å². The van der Waals surface area contributed by atoms with Crippen LogP contribution in [0.5, 0.6) is 0 Å². The van der Waals surface area contributed by atoms with Crippen molar-refractivity contribution in [3.8, 4) is 44.6 Å². The van der Waals surface area contributed by atoms with E-state index in [1.54, 1.807) is 97.5 Å². The summed E-state index contributed by atoms with van der Waals surface area (Å²) in [4.78, 5) is 0. The van der Waals surface area contributed by atoms with Crippen molar-refractivity contribution in [2.24, 2.45) is 7.05 Å². The van der Waals surface area contributed by atoms with E-state index in [2.05, 4.69) is 0 Å². The van der Waals surface area contributed by atoms with Gasteiger partial charge in [0.25, 0.3) is 0 Å². The minimum absolute atomic E-state index is 0.0675. The van der Waals surface area contributed by atoms with Crippen LogP contribution in [0.15, 0.2) is 108 Å². The first-order chi connectivity index (χ1) is 22.1. The number of benzene rings is 4.